The number of nitrogens with zero attached hydrogens (tertiary/aromatic N) is 4. The second-order valence-corrected chi connectivity index (χ2v) is 6.93. The predicted molar refractivity (Wildman–Crippen MR) is 97.2 cm³/mol. The highest BCUT2D eigenvalue weighted by molar-refractivity contribution is 5.81. The highest BCUT2D eigenvalue weighted by atomic mass is 16.2. The van der Waals surface area contributed by atoms with Crippen molar-refractivity contribution >= 4 is 17.6 Å². The number of carbonyl (C=O) groups is 2. The summed E-state index contributed by atoms with van der Waals surface area (Å²) in [5.74, 6) is 1.36. The number of rotatable bonds is 4. The van der Waals surface area contributed by atoms with Gasteiger partial charge in [0.15, 0.2) is 0 Å². The maximum absolute atomic E-state index is 12.9. The molecule has 2 aliphatic rings. The topological polar surface area (TPSA) is 56.8 Å². The van der Waals surface area contributed by atoms with Crippen molar-refractivity contribution in [2.24, 2.45) is 5.92 Å². The Labute approximate surface area is 149 Å². The van der Waals surface area contributed by atoms with E-state index in [1.807, 2.05) is 34.9 Å². The van der Waals surface area contributed by atoms with Gasteiger partial charge < -0.3 is 14.7 Å². The summed E-state index contributed by atoms with van der Waals surface area (Å²) in [7, 11) is 0. The summed E-state index contributed by atoms with van der Waals surface area (Å²) in [6.07, 6.45) is 5.08. The van der Waals surface area contributed by atoms with Crippen molar-refractivity contribution in [3.63, 3.8) is 0 Å². The van der Waals surface area contributed by atoms with Gasteiger partial charge in [0, 0.05) is 51.9 Å². The number of piperazine rings is 1. The molecule has 1 aromatic rings. The Bertz CT molecular complexity index is 584. The molecule has 0 saturated carbocycles. The first-order valence-electron chi connectivity index (χ1n) is 9.41. The number of carbonyl (C=O) groups excluding carboxylic acids is 2. The van der Waals surface area contributed by atoms with Crippen molar-refractivity contribution in [3.05, 3.63) is 24.4 Å². The van der Waals surface area contributed by atoms with Crippen molar-refractivity contribution in [2.45, 2.75) is 32.6 Å². The fourth-order valence-electron chi connectivity index (χ4n) is 3.73. The van der Waals surface area contributed by atoms with Gasteiger partial charge in [-0.2, -0.15) is 0 Å². The summed E-state index contributed by atoms with van der Waals surface area (Å²) in [5.41, 5.74) is 0. The molecule has 0 spiro atoms. The number of anilines is 1. The molecule has 1 atom stereocenters. The highest BCUT2D eigenvalue weighted by Crippen LogP contribution is 2.21. The molecular formula is C19H28N4O2. The lowest BCUT2D eigenvalue weighted by Gasteiger charge is -2.39. The largest absolute Gasteiger partial charge is 0.353 e. The Morgan fingerprint density at radius 3 is 2.60 bits per heavy atom. The molecule has 0 radical (unpaired) electrons. The monoisotopic (exact) mass is 344 g/mol. The van der Waals surface area contributed by atoms with Gasteiger partial charge in [0.2, 0.25) is 11.8 Å². The number of pyridine rings is 1. The molecule has 2 fully saturated rings. The van der Waals surface area contributed by atoms with E-state index in [4.69, 9.17) is 0 Å². The Morgan fingerprint density at radius 1 is 1.12 bits per heavy atom. The van der Waals surface area contributed by atoms with Crippen LogP contribution in [0.5, 0.6) is 0 Å². The summed E-state index contributed by atoms with van der Waals surface area (Å²) in [4.78, 5) is 35.5. The van der Waals surface area contributed by atoms with E-state index in [9.17, 15) is 9.59 Å². The maximum atomic E-state index is 12.9. The van der Waals surface area contributed by atoms with Crippen LogP contribution in [0.25, 0.3) is 0 Å². The molecule has 1 unspecified atom stereocenters. The minimum atomic E-state index is -0.0315. The minimum absolute atomic E-state index is 0.0315. The van der Waals surface area contributed by atoms with Crippen LogP contribution >= 0.6 is 0 Å². The molecule has 6 heteroatoms. The molecule has 0 aliphatic carbocycles. The van der Waals surface area contributed by atoms with Gasteiger partial charge in [-0.15, -0.1) is 0 Å². The van der Waals surface area contributed by atoms with Crippen molar-refractivity contribution in [1.29, 1.82) is 0 Å². The lowest BCUT2D eigenvalue weighted by Crippen LogP contribution is -2.53. The molecule has 0 aromatic carbocycles. The van der Waals surface area contributed by atoms with Crippen molar-refractivity contribution in [3.8, 4) is 0 Å². The average molecular weight is 344 g/mol. The highest BCUT2D eigenvalue weighted by Gasteiger charge is 2.32. The third-order valence-electron chi connectivity index (χ3n) is 5.15. The van der Waals surface area contributed by atoms with E-state index in [0.29, 0.717) is 13.0 Å². The van der Waals surface area contributed by atoms with Crippen LogP contribution in [0.2, 0.25) is 0 Å². The summed E-state index contributed by atoms with van der Waals surface area (Å²) in [5, 5.41) is 0. The molecular weight excluding hydrogens is 316 g/mol. The molecule has 0 N–H and O–H groups in total. The van der Waals surface area contributed by atoms with Crippen LogP contribution in [-0.4, -0.2) is 65.9 Å². The zero-order valence-electron chi connectivity index (χ0n) is 15.1. The normalized spacial score (nSPS) is 21.3. The van der Waals surface area contributed by atoms with Crippen molar-refractivity contribution < 1.29 is 9.59 Å². The van der Waals surface area contributed by atoms with Crippen LogP contribution in [0.15, 0.2) is 24.4 Å². The van der Waals surface area contributed by atoms with Gasteiger partial charge in [0.05, 0.1) is 5.92 Å². The van der Waals surface area contributed by atoms with Gasteiger partial charge >= 0.3 is 0 Å². The molecule has 0 bridgehead atoms. The fourth-order valence-corrected chi connectivity index (χ4v) is 3.73. The molecule has 3 rings (SSSR count). The average Bonchev–Trinajstić information content (AvgIpc) is 2.68. The maximum Gasteiger partial charge on any atom is 0.227 e. The fraction of sp³-hybridized carbons (Fsp3) is 0.632. The summed E-state index contributed by atoms with van der Waals surface area (Å²) >= 11 is 0. The molecule has 1 aromatic heterocycles. The Hall–Kier alpha value is -2.11. The van der Waals surface area contributed by atoms with E-state index in [-0.39, 0.29) is 17.7 Å². The summed E-state index contributed by atoms with van der Waals surface area (Å²) in [6, 6.07) is 5.91. The van der Waals surface area contributed by atoms with Gasteiger partial charge in [-0.3, -0.25) is 9.59 Å². The van der Waals surface area contributed by atoms with Crippen molar-refractivity contribution in [1.82, 2.24) is 14.8 Å². The number of piperidine rings is 1. The van der Waals surface area contributed by atoms with E-state index in [1.165, 1.54) is 0 Å². The molecule has 3 heterocycles. The number of likely N-dealkylation sites (tertiary alicyclic amines) is 1. The van der Waals surface area contributed by atoms with Crippen LogP contribution in [0, 0.1) is 5.92 Å². The number of amides is 2. The molecule has 25 heavy (non-hydrogen) atoms. The van der Waals surface area contributed by atoms with Crippen LogP contribution in [0.3, 0.4) is 0 Å². The Balaban J connectivity index is 1.53. The van der Waals surface area contributed by atoms with Crippen LogP contribution < -0.4 is 4.90 Å². The molecule has 136 valence electrons. The lowest BCUT2D eigenvalue weighted by atomic mass is 9.95. The van der Waals surface area contributed by atoms with Crippen molar-refractivity contribution in [2.75, 3.05) is 44.2 Å². The number of hydrogen-bond acceptors (Lipinski definition) is 4. The smallest absolute Gasteiger partial charge is 0.227 e. The van der Waals surface area contributed by atoms with Crippen LogP contribution in [0.1, 0.15) is 32.6 Å². The molecule has 2 aliphatic heterocycles. The summed E-state index contributed by atoms with van der Waals surface area (Å²) in [6.45, 7) is 6.51. The van der Waals surface area contributed by atoms with Crippen LogP contribution in [-0.2, 0) is 9.59 Å². The first-order valence-corrected chi connectivity index (χ1v) is 9.41. The van der Waals surface area contributed by atoms with Gasteiger partial charge in [-0.1, -0.05) is 13.0 Å². The zero-order chi connectivity index (χ0) is 17.6. The standard InChI is InChI=1S/C19H28N4O2/c1-2-6-18(24)23-10-5-7-16(15-23)19(25)22-13-11-21(12-14-22)17-8-3-4-9-20-17/h3-4,8-9,16H,2,5-7,10-15H2,1H3. The molecule has 2 amide bonds. The number of hydrogen-bond donors (Lipinski definition) is 0. The van der Waals surface area contributed by atoms with E-state index in [0.717, 1.165) is 57.8 Å². The SMILES string of the molecule is CCCC(=O)N1CCCC(C(=O)N2CCN(c3ccccn3)CC2)C1. The van der Waals surface area contributed by atoms with E-state index >= 15 is 0 Å². The Morgan fingerprint density at radius 2 is 1.92 bits per heavy atom. The lowest BCUT2D eigenvalue weighted by molar-refractivity contribution is -0.141. The second-order valence-electron chi connectivity index (χ2n) is 6.93. The second kappa shape index (κ2) is 8.32. The van der Waals surface area contributed by atoms with E-state index in [2.05, 4.69) is 9.88 Å². The van der Waals surface area contributed by atoms with Gasteiger partial charge in [-0.25, -0.2) is 4.98 Å². The van der Waals surface area contributed by atoms with Gasteiger partial charge in [-0.05, 0) is 31.4 Å². The molecule has 2 saturated heterocycles. The van der Waals surface area contributed by atoms with Gasteiger partial charge in [0.1, 0.15) is 5.82 Å². The third-order valence-corrected chi connectivity index (χ3v) is 5.15. The van der Waals surface area contributed by atoms with E-state index in [1.54, 1.807) is 6.20 Å². The number of aromatic nitrogens is 1. The first kappa shape index (κ1) is 17.7. The van der Waals surface area contributed by atoms with Gasteiger partial charge in [0.25, 0.3) is 0 Å². The quantitative estimate of drug-likeness (QED) is 0.835. The van der Waals surface area contributed by atoms with E-state index < -0.39 is 0 Å². The van der Waals surface area contributed by atoms with Crippen LogP contribution in [0.4, 0.5) is 5.82 Å². The molecule has 6 nitrogen and oxygen atoms in total. The zero-order valence-corrected chi connectivity index (χ0v) is 15.1. The minimum Gasteiger partial charge on any atom is -0.353 e. The first-order chi connectivity index (χ1) is 12.2. The predicted octanol–water partition coefficient (Wildman–Crippen LogP) is 1.77. The Kier molecular flexibility index (Phi) is 5.89. The third kappa shape index (κ3) is 4.30. The summed E-state index contributed by atoms with van der Waals surface area (Å²) < 4.78 is 0.